The van der Waals surface area contributed by atoms with Gasteiger partial charge in [-0.1, -0.05) is 23.9 Å². The maximum absolute atomic E-state index is 14.3. The number of nitrogens with zero attached hydrogens (tertiary/aromatic N) is 4. The van der Waals surface area contributed by atoms with Crippen molar-refractivity contribution in [1.29, 1.82) is 0 Å². The number of Topliss-reactive ketones (excluding diaryl/α,β-unsaturated/α-hetero) is 1. The predicted molar refractivity (Wildman–Crippen MR) is 107 cm³/mol. The summed E-state index contributed by atoms with van der Waals surface area (Å²) in [6.07, 6.45) is 0. The number of carbonyl (C=O) groups excluding carboxylic acids is 1. The van der Waals surface area contributed by atoms with Gasteiger partial charge in [-0.25, -0.2) is 19.2 Å². The van der Waals surface area contributed by atoms with Gasteiger partial charge in [-0.3, -0.25) is 18.7 Å². The number of aliphatic hydroxyl groups excluding tert-OH is 1. The molecule has 0 unspecified atom stereocenters. The molecule has 0 bridgehead atoms. The highest BCUT2D eigenvalue weighted by Crippen LogP contribution is 2.33. The number of rotatable bonds is 4. The summed E-state index contributed by atoms with van der Waals surface area (Å²) in [5, 5.41) is 9.88. The second-order valence-electron chi connectivity index (χ2n) is 6.31. The van der Waals surface area contributed by atoms with Gasteiger partial charge in [0.1, 0.15) is 22.0 Å². The van der Waals surface area contributed by atoms with Gasteiger partial charge < -0.3 is 5.11 Å². The first-order valence-electron chi connectivity index (χ1n) is 8.44. The third kappa shape index (κ3) is 3.58. The Kier molecular flexibility index (Phi) is 5.38. The highest BCUT2D eigenvalue weighted by Gasteiger charge is 2.22. The molecule has 0 saturated carbocycles. The largest absolute Gasteiger partial charge is 0.511 e. The predicted octanol–water partition coefficient (Wildman–Crippen LogP) is 2.30. The van der Waals surface area contributed by atoms with E-state index in [0.29, 0.717) is 0 Å². The second kappa shape index (κ2) is 7.63. The first-order chi connectivity index (χ1) is 13.6. The molecule has 8 nitrogen and oxygen atoms in total. The fourth-order valence-corrected chi connectivity index (χ4v) is 3.66. The Balaban J connectivity index is 2.46. The number of ketones is 1. The van der Waals surface area contributed by atoms with Crippen LogP contribution >= 0.6 is 11.8 Å². The Labute approximate surface area is 168 Å². The van der Waals surface area contributed by atoms with Crippen LogP contribution in [0, 0.1) is 5.82 Å². The summed E-state index contributed by atoms with van der Waals surface area (Å²) in [6, 6.07) is 5.80. The van der Waals surface area contributed by atoms with Crippen LogP contribution in [0.4, 0.5) is 4.39 Å². The van der Waals surface area contributed by atoms with Crippen molar-refractivity contribution in [3.63, 3.8) is 0 Å². The van der Waals surface area contributed by atoms with E-state index in [-0.39, 0.29) is 38.1 Å². The van der Waals surface area contributed by atoms with Crippen LogP contribution in [-0.2, 0) is 18.9 Å². The minimum Gasteiger partial charge on any atom is -0.511 e. The molecule has 0 saturated heterocycles. The van der Waals surface area contributed by atoms with Crippen molar-refractivity contribution >= 4 is 28.6 Å². The molecule has 29 heavy (non-hydrogen) atoms. The second-order valence-corrected chi connectivity index (χ2v) is 7.31. The maximum atomic E-state index is 14.3. The standard InChI is InChI=1S/C19H17FN4O4S/c1-9(25)14(10(2)26)29-17-13-16(23(3)19(28)24(4)18(13)27)21-15(22-17)11-7-5-6-8-12(11)20/h5-8,25H,1-4H3. The molecule has 150 valence electrons. The molecule has 2 heterocycles. The number of fused-ring (bicyclic) bond motifs is 1. The van der Waals surface area contributed by atoms with Gasteiger partial charge in [-0.15, -0.1) is 0 Å². The van der Waals surface area contributed by atoms with E-state index in [2.05, 4.69) is 9.97 Å². The van der Waals surface area contributed by atoms with Gasteiger partial charge in [-0.05, 0) is 26.0 Å². The van der Waals surface area contributed by atoms with Crippen LogP contribution in [-0.4, -0.2) is 30.0 Å². The van der Waals surface area contributed by atoms with Gasteiger partial charge in [0.05, 0.1) is 10.5 Å². The van der Waals surface area contributed by atoms with Crippen molar-refractivity contribution in [3.8, 4) is 11.4 Å². The average Bonchev–Trinajstić information content (AvgIpc) is 2.68. The van der Waals surface area contributed by atoms with Crippen molar-refractivity contribution < 1.29 is 14.3 Å². The first kappa shape index (κ1) is 20.5. The van der Waals surface area contributed by atoms with Gasteiger partial charge >= 0.3 is 5.69 Å². The molecule has 2 aromatic heterocycles. The molecule has 1 N–H and O–H groups in total. The normalized spacial score (nSPS) is 12.2. The monoisotopic (exact) mass is 416 g/mol. The SMILES string of the molecule is CC(=O)C(Sc1nc(-c2ccccc2F)nc2c1c(=O)n(C)c(=O)n2C)=C(C)O. The fourth-order valence-electron chi connectivity index (χ4n) is 2.76. The smallest absolute Gasteiger partial charge is 0.332 e. The number of benzene rings is 1. The van der Waals surface area contributed by atoms with Crippen LogP contribution in [0.5, 0.6) is 0 Å². The Morgan fingerprint density at radius 1 is 1.10 bits per heavy atom. The lowest BCUT2D eigenvalue weighted by Gasteiger charge is -2.13. The zero-order valence-corrected chi connectivity index (χ0v) is 16.9. The summed E-state index contributed by atoms with van der Waals surface area (Å²) in [7, 11) is 2.73. The lowest BCUT2D eigenvalue weighted by Crippen LogP contribution is -2.37. The number of halogens is 1. The number of hydrogen-bond acceptors (Lipinski definition) is 7. The molecule has 0 atom stereocenters. The first-order valence-corrected chi connectivity index (χ1v) is 9.26. The summed E-state index contributed by atoms with van der Waals surface area (Å²) in [6.45, 7) is 2.59. The molecule has 0 aliphatic rings. The topological polar surface area (TPSA) is 107 Å². The summed E-state index contributed by atoms with van der Waals surface area (Å²) in [4.78, 5) is 45.6. The molecule has 0 aliphatic carbocycles. The van der Waals surface area contributed by atoms with E-state index in [9.17, 15) is 23.9 Å². The number of hydrogen-bond donors (Lipinski definition) is 1. The molecule has 1 aromatic carbocycles. The van der Waals surface area contributed by atoms with E-state index in [4.69, 9.17) is 0 Å². The summed E-state index contributed by atoms with van der Waals surface area (Å²) < 4.78 is 16.4. The molecule has 3 rings (SSSR count). The number of thioether (sulfide) groups is 1. The third-order valence-electron chi connectivity index (χ3n) is 4.23. The third-order valence-corrected chi connectivity index (χ3v) is 5.50. The molecular formula is C19H17FN4O4S. The van der Waals surface area contributed by atoms with Crippen LogP contribution in [0.25, 0.3) is 22.4 Å². The summed E-state index contributed by atoms with van der Waals surface area (Å²) in [5.41, 5.74) is -1.22. The van der Waals surface area contributed by atoms with E-state index in [1.54, 1.807) is 6.07 Å². The Hall–Kier alpha value is -3.27. The van der Waals surface area contributed by atoms with Crippen LogP contribution in [0.3, 0.4) is 0 Å². The van der Waals surface area contributed by atoms with Crippen molar-refractivity contribution in [3.05, 3.63) is 61.6 Å². The van der Waals surface area contributed by atoms with Crippen LogP contribution in [0.1, 0.15) is 13.8 Å². The van der Waals surface area contributed by atoms with Crippen molar-refractivity contribution in [2.75, 3.05) is 0 Å². The van der Waals surface area contributed by atoms with Gasteiger partial charge in [-0.2, -0.15) is 0 Å². The van der Waals surface area contributed by atoms with Crippen LogP contribution in [0.2, 0.25) is 0 Å². The Morgan fingerprint density at radius 2 is 1.76 bits per heavy atom. The van der Waals surface area contributed by atoms with Gasteiger partial charge in [0.25, 0.3) is 5.56 Å². The fraction of sp³-hybridized carbons (Fsp3) is 0.211. The quantitative estimate of drug-likeness (QED) is 0.301. The Morgan fingerprint density at radius 3 is 2.34 bits per heavy atom. The molecule has 0 amide bonds. The summed E-state index contributed by atoms with van der Waals surface area (Å²) in [5.74, 6) is -1.32. The maximum Gasteiger partial charge on any atom is 0.332 e. The average molecular weight is 416 g/mol. The number of aryl methyl sites for hydroxylation is 1. The number of aliphatic hydroxyl groups is 1. The van der Waals surface area contributed by atoms with E-state index in [0.717, 1.165) is 20.9 Å². The van der Waals surface area contributed by atoms with E-state index in [1.165, 1.54) is 46.1 Å². The van der Waals surface area contributed by atoms with Crippen LogP contribution in [0.15, 0.2) is 49.5 Å². The van der Waals surface area contributed by atoms with Crippen molar-refractivity contribution in [1.82, 2.24) is 19.1 Å². The zero-order chi connectivity index (χ0) is 21.5. The van der Waals surface area contributed by atoms with Crippen molar-refractivity contribution in [2.24, 2.45) is 14.1 Å². The zero-order valence-electron chi connectivity index (χ0n) is 16.1. The Bertz CT molecular complexity index is 1310. The molecule has 10 heteroatoms. The minimum atomic E-state index is -0.663. The van der Waals surface area contributed by atoms with Gasteiger partial charge in [0.15, 0.2) is 17.3 Å². The summed E-state index contributed by atoms with van der Waals surface area (Å²) >= 11 is 0.764. The highest BCUT2D eigenvalue weighted by molar-refractivity contribution is 8.04. The highest BCUT2D eigenvalue weighted by atomic mass is 32.2. The lowest BCUT2D eigenvalue weighted by atomic mass is 10.2. The van der Waals surface area contributed by atoms with Crippen molar-refractivity contribution in [2.45, 2.75) is 18.9 Å². The molecule has 0 fully saturated rings. The molecule has 0 radical (unpaired) electrons. The number of carbonyl (C=O) groups is 1. The molecular weight excluding hydrogens is 399 g/mol. The van der Waals surface area contributed by atoms with Gasteiger partial charge in [0, 0.05) is 14.1 Å². The van der Waals surface area contributed by atoms with E-state index >= 15 is 0 Å². The molecule has 0 aliphatic heterocycles. The number of allylic oxidation sites excluding steroid dienone is 2. The lowest BCUT2D eigenvalue weighted by molar-refractivity contribution is -0.113. The number of aromatic nitrogens is 4. The minimum absolute atomic E-state index is 0.00709. The molecule has 0 spiro atoms. The van der Waals surface area contributed by atoms with Crippen LogP contribution < -0.4 is 11.2 Å². The van der Waals surface area contributed by atoms with E-state index < -0.39 is 22.8 Å². The van der Waals surface area contributed by atoms with E-state index in [1.807, 2.05) is 0 Å². The molecule has 3 aromatic rings. The van der Waals surface area contributed by atoms with Gasteiger partial charge in [0.2, 0.25) is 0 Å².